The summed E-state index contributed by atoms with van der Waals surface area (Å²) in [5.74, 6) is -0.412. The SMILES string of the molecule is CSc1cccc(NC(=O)c2c[nH]c3ccccc3c2=O)c1. The molecule has 0 aliphatic carbocycles. The molecule has 0 aliphatic rings. The van der Waals surface area contributed by atoms with E-state index < -0.39 is 5.91 Å². The number of H-pyrrole nitrogens is 1. The van der Waals surface area contributed by atoms with E-state index >= 15 is 0 Å². The Morgan fingerprint density at radius 3 is 2.77 bits per heavy atom. The summed E-state index contributed by atoms with van der Waals surface area (Å²) in [5.41, 5.74) is 1.22. The second-order valence-corrected chi connectivity index (χ2v) is 5.64. The molecular weight excluding hydrogens is 296 g/mol. The van der Waals surface area contributed by atoms with Gasteiger partial charge in [0.15, 0.2) is 0 Å². The first-order valence-electron chi connectivity index (χ1n) is 6.75. The van der Waals surface area contributed by atoms with Crippen molar-refractivity contribution in [1.29, 1.82) is 0 Å². The Morgan fingerprint density at radius 1 is 1.14 bits per heavy atom. The van der Waals surface area contributed by atoms with E-state index in [1.54, 1.807) is 36.0 Å². The van der Waals surface area contributed by atoms with Crippen LogP contribution in [-0.4, -0.2) is 17.1 Å². The number of hydrogen-bond donors (Lipinski definition) is 2. The van der Waals surface area contributed by atoms with E-state index in [9.17, 15) is 9.59 Å². The molecule has 5 heteroatoms. The second-order valence-electron chi connectivity index (χ2n) is 4.76. The zero-order valence-corrected chi connectivity index (χ0v) is 12.7. The minimum absolute atomic E-state index is 0.105. The number of pyridine rings is 1. The van der Waals surface area contributed by atoms with Gasteiger partial charge in [-0.15, -0.1) is 11.8 Å². The van der Waals surface area contributed by atoms with Gasteiger partial charge in [0.05, 0.1) is 0 Å². The number of para-hydroxylation sites is 1. The van der Waals surface area contributed by atoms with Gasteiger partial charge < -0.3 is 10.3 Å². The van der Waals surface area contributed by atoms with Crippen molar-refractivity contribution < 1.29 is 4.79 Å². The normalized spacial score (nSPS) is 10.6. The second kappa shape index (κ2) is 6.07. The monoisotopic (exact) mass is 310 g/mol. The molecule has 1 amide bonds. The van der Waals surface area contributed by atoms with Gasteiger partial charge in [0, 0.05) is 27.7 Å². The predicted molar refractivity (Wildman–Crippen MR) is 90.7 cm³/mol. The molecule has 0 saturated carbocycles. The lowest BCUT2D eigenvalue weighted by atomic mass is 10.1. The summed E-state index contributed by atoms with van der Waals surface area (Å²) in [7, 11) is 0. The molecule has 2 aromatic carbocycles. The first-order chi connectivity index (χ1) is 10.7. The molecule has 2 N–H and O–H groups in total. The molecule has 0 atom stereocenters. The number of rotatable bonds is 3. The number of thioether (sulfide) groups is 1. The van der Waals surface area contributed by atoms with Crippen LogP contribution in [0.1, 0.15) is 10.4 Å². The van der Waals surface area contributed by atoms with Crippen LogP contribution in [0, 0.1) is 0 Å². The Kier molecular flexibility index (Phi) is 3.98. The molecule has 0 aliphatic heterocycles. The van der Waals surface area contributed by atoms with Crippen molar-refractivity contribution in [1.82, 2.24) is 4.98 Å². The molecule has 0 saturated heterocycles. The van der Waals surface area contributed by atoms with Gasteiger partial charge in [-0.1, -0.05) is 18.2 Å². The van der Waals surface area contributed by atoms with Crippen molar-refractivity contribution in [2.24, 2.45) is 0 Å². The van der Waals surface area contributed by atoms with Crippen LogP contribution in [-0.2, 0) is 0 Å². The van der Waals surface area contributed by atoms with Crippen LogP contribution in [0.15, 0.2) is 64.4 Å². The molecule has 1 aromatic heterocycles. The van der Waals surface area contributed by atoms with Crippen LogP contribution >= 0.6 is 11.8 Å². The molecular formula is C17H14N2O2S. The van der Waals surface area contributed by atoms with E-state index in [1.807, 2.05) is 30.5 Å². The van der Waals surface area contributed by atoms with Crippen molar-refractivity contribution in [3.8, 4) is 0 Å². The van der Waals surface area contributed by atoms with Gasteiger partial charge in [0.1, 0.15) is 5.56 Å². The molecule has 1 heterocycles. The van der Waals surface area contributed by atoms with E-state index in [4.69, 9.17) is 0 Å². The summed E-state index contributed by atoms with van der Waals surface area (Å²) in [5, 5.41) is 3.27. The van der Waals surface area contributed by atoms with Gasteiger partial charge in [-0.25, -0.2) is 0 Å². The van der Waals surface area contributed by atoms with Crippen LogP contribution in [0.3, 0.4) is 0 Å². The predicted octanol–water partition coefficient (Wildman–Crippen LogP) is 3.50. The number of aromatic amines is 1. The van der Waals surface area contributed by atoms with E-state index in [0.29, 0.717) is 16.6 Å². The molecule has 3 aromatic rings. The minimum atomic E-state index is -0.412. The van der Waals surface area contributed by atoms with Crippen LogP contribution in [0.2, 0.25) is 0 Å². The zero-order chi connectivity index (χ0) is 15.5. The molecule has 22 heavy (non-hydrogen) atoms. The Balaban J connectivity index is 1.95. The van der Waals surface area contributed by atoms with Gasteiger partial charge in [0.25, 0.3) is 5.91 Å². The maximum atomic E-state index is 12.4. The molecule has 0 fully saturated rings. The fraction of sp³-hybridized carbons (Fsp3) is 0.0588. The zero-order valence-electron chi connectivity index (χ0n) is 11.9. The highest BCUT2D eigenvalue weighted by atomic mass is 32.2. The average molecular weight is 310 g/mol. The van der Waals surface area contributed by atoms with Gasteiger partial charge in [-0.3, -0.25) is 9.59 Å². The quantitative estimate of drug-likeness (QED) is 0.728. The molecule has 0 spiro atoms. The maximum absolute atomic E-state index is 12.4. The molecule has 3 rings (SSSR count). The summed E-state index contributed by atoms with van der Waals surface area (Å²) in [6, 6.07) is 14.6. The smallest absolute Gasteiger partial charge is 0.261 e. The average Bonchev–Trinajstić information content (AvgIpc) is 2.55. The lowest BCUT2D eigenvalue weighted by Crippen LogP contribution is -2.21. The Bertz CT molecular complexity index is 902. The summed E-state index contributed by atoms with van der Waals surface area (Å²) < 4.78 is 0. The summed E-state index contributed by atoms with van der Waals surface area (Å²) >= 11 is 1.59. The van der Waals surface area contributed by atoms with Crippen molar-refractivity contribution in [2.75, 3.05) is 11.6 Å². The van der Waals surface area contributed by atoms with Gasteiger partial charge in [0.2, 0.25) is 5.43 Å². The molecule has 4 nitrogen and oxygen atoms in total. The van der Waals surface area contributed by atoms with E-state index in [2.05, 4.69) is 10.3 Å². The number of aromatic nitrogens is 1. The highest BCUT2D eigenvalue weighted by Crippen LogP contribution is 2.19. The first-order valence-corrected chi connectivity index (χ1v) is 7.97. The Morgan fingerprint density at radius 2 is 1.95 bits per heavy atom. The minimum Gasteiger partial charge on any atom is -0.360 e. The topological polar surface area (TPSA) is 62.0 Å². The number of amides is 1. The number of fused-ring (bicyclic) bond motifs is 1. The van der Waals surface area contributed by atoms with Gasteiger partial charge >= 0.3 is 0 Å². The number of benzene rings is 2. The third kappa shape index (κ3) is 2.76. The van der Waals surface area contributed by atoms with E-state index in [-0.39, 0.29) is 11.0 Å². The highest BCUT2D eigenvalue weighted by Gasteiger charge is 2.13. The van der Waals surface area contributed by atoms with E-state index in [0.717, 1.165) is 4.90 Å². The fourth-order valence-corrected chi connectivity index (χ4v) is 2.69. The fourth-order valence-electron chi connectivity index (χ4n) is 2.24. The number of carbonyl (C=O) groups is 1. The number of hydrogen-bond acceptors (Lipinski definition) is 3. The first kappa shape index (κ1) is 14.4. The van der Waals surface area contributed by atoms with Gasteiger partial charge in [-0.2, -0.15) is 0 Å². The lowest BCUT2D eigenvalue weighted by molar-refractivity contribution is 0.102. The van der Waals surface area contributed by atoms with Crippen molar-refractivity contribution in [3.63, 3.8) is 0 Å². The largest absolute Gasteiger partial charge is 0.360 e. The standard InChI is InChI=1S/C17H14N2O2S/c1-22-12-6-4-5-11(9-12)19-17(21)14-10-18-15-8-3-2-7-13(15)16(14)20/h2-10H,1H3,(H,18,20)(H,19,21). The van der Waals surface area contributed by atoms with Crippen LogP contribution in [0.5, 0.6) is 0 Å². The molecule has 0 radical (unpaired) electrons. The Hall–Kier alpha value is -2.53. The molecule has 0 unspecified atom stereocenters. The van der Waals surface area contributed by atoms with Crippen molar-refractivity contribution in [3.05, 3.63) is 70.5 Å². The van der Waals surface area contributed by atoms with Crippen LogP contribution < -0.4 is 10.7 Å². The third-order valence-electron chi connectivity index (χ3n) is 3.36. The summed E-state index contributed by atoms with van der Waals surface area (Å²) in [4.78, 5) is 28.8. The van der Waals surface area contributed by atoms with Crippen LogP contribution in [0.25, 0.3) is 10.9 Å². The molecule has 0 bridgehead atoms. The van der Waals surface area contributed by atoms with Crippen molar-refractivity contribution >= 4 is 34.3 Å². The Labute approximate surface area is 131 Å². The summed E-state index contributed by atoms with van der Waals surface area (Å²) in [6.07, 6.45) is 3.42. The number of anilines is 1. The number of carbonyl (C=O) groups excluding carboxylic acids is 1. The van der Waals surface area contributed by atoms with Crippen LogP contribution in [0.4, 0.5) is 5.69 Å². The lowest BCUT2D eigenvalue weighted by Gasteiger charge is -2.07. The van der Waals surface area contributed by atoms with Crippen molar-refractivity contribution in [2.45, 2.75) is 4.90 Å². The van der Waals surface area contributed by atoms with Gasteiger partial charge in [-0.05, 0) is 36.6 Å². The van der Waals surface area contributed by atoms with E-state index in [1.165, 1.54) is 6.20 Å². The third-order valence-corrected chi connectivity index (χ3v) is 4.09. The maximum Gasteiger partial charge on any atom is 0.261 e. The number of nitrogens with one attached hydrogen (secondary N) is 2. The summed E-state index contributed by atoms with van der Waals surface area (Å²) in [6.45, 7) is 0. The highest BCUT2D eigenvalue weighted by molar-refractivity contribution is 7.98. The molecule has 110 valence electrons.